The highest BCUT2D eigenvalue weighted by atomic mass is 16.4. The first kappa shape index (κ1) is 13.9. The fourth-order valence-electron chi connectivity index (χ4n) is 1.97. The smallest absolute Gasteiger partial charge is 0.404 e. The Labute approximate surface area is 116 Å². The van der Waals surface area contributed by atoms with Crippen molar-refractivity contribution in [2.45, 2.75) is 6.42 Å². The predicted octanol–water partition coefficient (Wildman–Crippen LogP) is 1.77. The normalized spacial score (nSPS) is 10.2. The molecule has 0 fully saturated rings. The number of carboxylic acid groups (broad SMARTS) is 1. The summed E-state index contributed by atoms with van der Waals surface area (Å²) in [5.41, 5.74) is 0.937. The summed E-state index contributed by atoms with van der Waals surface area (Å²) in [5.74, 6) is -0.118. The zero-order valence-corrected chi connectivity index (χ0v) is 10.9. The van der Waals surface area contributed by atoms with Crippen LogP contribution in [0.25, 0.3) is 10.8 Å². The van der Waals surface area contributed by atoms with Gasteiger partial charge in [-0.1, -0.05) is 42.5 Å². The van der Waals surface area contributed by atoms with Gasteiger partial charge in [0.15, 0.2) is 0 Å². The van der Waals surface area contributed by atoms with Crippen LogP contribution in [-0.4, -0.2) is 30.2 Å². The van der Waals surface area contributed by atoms with E-state index in [1.165, 1.54) is 0 Å². The molecule has 0 aliphatic rings. The summed E-state index contributed by atoms with van der Waals surface area (Å²) >= 11 is 0. The van der Waals surface area contributed by atoms with Gasteiger partial charge in [-0.15, -0.1) is 0 Å². The average molecular weight is 272 g/mol. The Bertz CT molecular complexity index is 625. The van der Waals surface area contributed by atoms with Gasteiger partial charge in [0, 0.05) is 13.1 Å². The van der Waals surface area contributed by atoms with Gasteiger partial charge in [-0.2, -0.15) is 0 Å². The molecule has 0 spiro atoms. The molecule has 20 heavy (non-hydrogen) atoms. The molecule has 5 nitrogen and oxygen atoms in total. The van der Waals surface area contributed by atoms with Gasteiger partial charge >= 0.3 is 6.09 Å². The Kier molecular flexibility index (Phi) is 4.55. The maximum Gasteiger partial charge on any atom is 0.404 e. The summed E-state index contributed by atoms with van der Waals surface area (Å²) in [4.78, 5) is 21.9. The number of carbonyl (C=O) groups is 2. The van der Waals surface area contributed by atoms with Crippen LogP contribution in [0.1, 0.15) is 5.56 Å². The Morgan fingerprint density at radius 3 is 2.40 bits per heavy atom. The standard InChI is InChI=1S/C15H16N2O3/c18-14(16-7-8-17-15(19)20)10-11-5-6-12-3-1-2-4-13(12)9-11/h1-6,9,17H,7-8,10H2,(H,16,18)(H,19,20). The van der Waals surface area contributed by atoms with E-state index in [2.05, 4.69) is 10.6 Å². The molecule has 0 saturated heterocycles. The molecule has 5 heteroatoms. The molecule has 0 heterocycles. The topological polar surface area (TPSA) is 78.4 Å². The molecule has 0 unspecified atom stereocenters. The number of fused-ring (bicyclic) bond motifs is 1. The van der Waals surface area contributed by atoms with Crippen LogP contribution in [0.4, 0.5) is 4.79 Å². The van der Waals surface area contributed by atoms with Crippen molar-refractivity contribution >= 4 is 22.8 Å². The van der Waals surface area contributed by atoms with Crippen molar-refractivity contribution < 1.29 is 14.7 Å². The van der Waals surface area contributed by atoms with Crippen molar-refractivity contribution in [3.63, 3.8) is 0 Å². The molecule has 0 aliphatic carbocycles. The van der Waals surface area contributed by atoms with Crippen LogP contribution < -0.4 is 10.6 Å². The first-order valence-corrected chi connectivity index (χ1v) is 6.36. The van der Waals surface area contributed by atoms with E-state index < -0.39 is 6.09 Å². The molecule has 2 aromatic rings. The number of benzene rings is 2. The lowest BCUT2D eigenvalue weighted by molar-refractivity contribution is -0.120. The summed E-state index contributed by atoms with van der Waals surface area (Å²) in [6, 6.07) is 13.9. The number of carbonyl (C=O) groups excluding carboxylic acids is 1. The Balaban J connectivity index is 1.88. The third-order valence-corrected chi connectivity index (χ3v) is 2.90. The summed E-state index contributed by atoms with van der Waals surface area (Å²) in [6.07, 6.45) is -0.800. The van der Waals surface area contributed by atoms with Gasteiger partial charge in [0.2, 0.25) is 5.91 Å². The fourth-order valence-corrected chi connectivity index (χ4v) is 1.97. The molecule has 2 aromatic carbocycles. The van der Waals surface area contributed by atoms with Crippen LogP contribution in [0.2, 0.25) is 0 Å². The summed E-state index contributed by atoms with van der Waals surface area (Å²) in [5, 5.41) is 15.5. The van der Waals surface area contributed by atoms with Crippen molar-refractivity contribution in [2.75, 3.05) is 13.1 Å². The number of hydrogen-bond donors (Lipinski definition) is 3. The first-order valence-electron chi connectivity index (χ1n) is 6.36. The molecule has 3 N–H and O–H groups in total. The minimum atomic E-state index is -1.09. The van der Waals surface area contributed by atoms with Crippen LogP contribution in [0.5, 0.6) is 0 Å². The number of amides is 2. The summed E-state index contributed by atoms with van der Waals surface area (Å²) in [6.45, 7) is 0.498. The second kappa shape index (κ2) is 6.56. The highest BCUT2D eigenvalue weighted by Gasteiger charge is 2.04. The zero-order chi connectivity index (χ0) is 14.4. The average Bonchev–Trinajstić information content (AvgIpc) is 2.43. The molecule has 0 bridgehead atoms. The van der Waals surface area contributed by atoms with Gasteiger partial charge in [0.25, 0.3) is 0 Å². The fraction of sp³-hybridized carbons (Fsp3) is 0.200. The van der Waals surface area contributed by atoms with Crippen LogP contribution in [0.3, 0.4) is 0 Å². The molecule has 0 aromatic heterocycles. The summed E-state index contributed by atoms with van der Waals surface area (Å²) < 4.78 is 0. The molecule has 0 aliphatic heterocycles. The molecule has 0 radical (unpaired) electrons. The first-order chi connectivity index (χ1) is 9.65. The third kappa shape index (κ3) is 3.98. The maximum absolute atomic E-state index is 11.7. The largest absolute Gasteiger partial charge is 0.465 e. The zero-order valence-electron chi connectivity index (χ0n) is 10.9. The van der Waals surface area contributed by atoms with E-state index in [-0.39, 0.29) is 18.9 Å². The van der Waals surface area contributed by atoms with E-state index in [1.807, 2.05) is 42.5 Å². The van der Waals surface area contributed by atoms with Crippen LogP contribution in [0.15, 0.2) is 42.5 Å². The van der Waals surface area contributed by atoms with Crippen molar-refractivity contribution in [1.29, 1.82) is 0 Å². The van der Waals surface area contributed by atoms with E-state index in [9.17, 15) is 9.59 Å². The van der Waals surface area contributed by atoms with Gasteiger partial charge < -0.3 is 15.7 Å². The molecular formula is C15H16N2O3. The molecule has 0 saturated carbocycles. The lowest BCUT2D eigenvalue weighted by atomic mass is 10.1. The van der Waals surface area contributed by atoms with Gasteiger partial charge in [-0.25, -0.2) is 4.79 Å². The second-order valence-electron chi connectivity index (χ2n) is 4.44. The Morgan fingerprint density at radius 2 is 1.65 bits per heavy atom. The van der Waals surface area contributed by atoms with Gasteiger partial charge in [0.05, 0.1) is 6.42 Å². The van der Waals surface area contributed by atoms with Crippen LogP contribution in [-0.2, 0) is 11.2 Å². The SMILES string of the molecule is O=C(O)NCCNC(=O)Cc1ccc2ccccc2c1. The molecular weight excluding hydrogens is 256 g/mol. The highest BCUT2D eigenvalue weighted by Crippen LogP contribution is 2.15. The predicted molar refractivity (Wildman–Crippen MR) is 76.7 cm³/mol. The van der Waals surface area contributed by atoms with Gasteiger partial charge in [0.1, 0.15) is 0 Å². The second-order valence-corrected chi connectivity index (χ2v) is 4.44. The van der Waals surface area contributed by atoms with Crippen molar-refractivity contribution in [1.82, 2.24) is 10.6 Å². The Hall–Kier alpha value is -2.56. The van der Waals surface area contributed by atoms with Crippen LogP contribution in [0, 0.1) is 0 Å². The number of nitrogens with one attached hydrogen (secondary N) is 2. The van der Waals surface area contributed by atoms with Crippen LogP contribution >= 0.6 is 0 Å². The highest BCUT2D eigenvalue weighted by molar-refractivity contribution is 5.85. The lowest BCUT2D eigenvalue weighted by Crippen LogP contribution is -2.34. The minimum absolute atomic E-state index is 0.118. The van der Waals surface area contributed by atoms with Crippen molar-refractivity contribution in [3.05, 3.63) is 48.0 Å². The van der Waals surface area contributed by atoms with Crippen molar-refractivity contribution in [2.24, 2.45) is 0 Å². The van der Waals surface area contributed by atoms with E-state index in [0.29, 0.717) is 6.54 Å². The molecule has 2 amide bonds. The van der Waals surface area contributed by atoms with E-state index in [0.717, 1.165) is 16.3 Å². The Morgan fingerprint density at radius 1 is 0.950 bits per heavy atom. The van der Waals surface area contributed by atoms with Crippen molar-refractivity contribution in [3.8, 4) is 0 Å². The van der Waals surface area contributed by atoms with E-state index >= 15 is 0 Å². The summed E-state index contributed by atoms with van der Waals surface area (Å²) in [7, 11) is 0. The number of rotatable bonds is 5. The molecule has 0 atom stereocenters. The van der Waals surface area contributed by atoms with E-state index in [1.54, 1.807) is 0 Å². The third-order valence-electron chi connectivity index (χ3n) is 2.90. The quantitative estimate of drug-likeness (QED) is 0.726. The maximum atomic E-state index is 11.7. The van der Waals surface area contributed by atoms with Gasteiger partial charge in [-0.3, -0.25) is 4.79 Å². The van der Waals surface area contributed by atoms with Gasteiger partial charge in [-0.05, 0) is 16.3 Å². The molecule has 2 rings (SSSR count). The monoisotopic (exact) mass is 272 g/mol. The minimum Gasteiger partial charge on any atom is -0.465 e. The number of hydrogen-bond acceptors (Lipinski definition) is 2. The molecule has 104 valence electrons. The van der Waals surface area contributed by atoms with E-state index in [4.69, 9.17) is 5.11 Å². The lowest BCUT2D eigenvalue weighted by Gasteiger charge is -2.06.